The van der Waals surface area contributed by atoms with Gasteiger partial charge in [-0.15, -0.1) is 0 Å². The van der Waals surface area contributed by atoms with Crippen molar-refractivity contribution in [1.29, 1.82) is 0 Å². The minimum Gasteiger partial charge on any atom is -0.496 e. The van der Waals surface area contributed by atoms with Gasteiger partial charge < -0.3 is 14.5 Å². The lowest BCUT2D eigenvalue weighted by molar-refractivity contribution is 0.0766. The van der Waals surface area contributed by atoms with Crippen molar-refractivity contribution in [1.82, 2.24) is 14.9 Å². The van der Waals surface area contributed by atoms with E-state index in [1.165, 1.54) is 11.8 Å². The predicted octanol–water partition coefficient (Wildman–Crippen LogP) is 2.87. The van der Waals surface area contributed by atoms with Crippen LogP contribution >= 0.6 is 11.8 Å². The van der Waals surface area contributed by atoms with Gasteiger partial charge in [0.15, 0.2) is 5.16 Å². The van der Waals surface area contributed by atoms with Gasteiger partial charge in [0.1, 0.15) is 11.6 Å². The molecular weight excluding hydrogens is 348 g/mol. The monoisotopic (exact) mass is 372 g/mol. The quantitative estimate of drug-likeness (QED) is 0.608. The fraction of sp³-hybridized carbons (Fsp3) is 0.421. The number of aromatic nitrogens is 2. The van der Waals surface area contributed by atoms with E-state index in [0.717, 1.165) is 48.3 Å². The lowest BCUT2D eigenvalue weighted by Gasteiger charge is -2.23. The van der Waals surface area contributed by atoms with E-state index in [-0.39, 0.29) is 5.91 Å². The molecule has 0 N–H and O–H groups in total. The van der Waals surface area contributed by atoms with Crippen molar-refractivity contribution in [3.05, 3.63) is 41.6 Å². The molecule has 0 aliphatic carbocycles. The van der Waals surface area contributed by atoms with Crippen molar-refractivity contribution < 1.29 is 9.53 Å². The summed E-state index contributed by atoms with van der Waals surface area (Å²) < 4.78 is 5.35. The highest BCUT2D eigenvalue weighted by Crippen LogP contribution is 2.23. The number of rotatable bonds is 4. The maximum absolute atomic E-state index is 13.0. The van der Waals surface area contributed by atoms with Crippen molar-refractivity contribution >= 4 is 23.5 Å². The molecule has 2 aromatic rings. The third-order valence-electron chi connectivity index (χ3n) is 4.64. The van der Waals surface area contributed by atoms with Gasteiger partial charge in [-0.25, -0.2) is 9.97 Å². The summed E-state index contributed by atoms with van der Waals surface area (Å²) in [6.07, 6.45) is 4.67. The first-order chi connectivity index (χ1) is 12.6. The van der Waals surface area contributed by atoms with E-state index in [9.17, 15) is 4.79 Å². The van der Waals surface area contributed by atoms with Crippen LogP contribution in [-0.4, -0.2) is 60.3 Å². The van der Waals surface area contributed by atoms with Crippen LogP contribution in [0.2, 0.25) is 0 Å². The Bertz CT molecular complexity index is 784. The minimum atomic E-state index is 0.0655. The highest BCUT2D eigenvalue weighted by Gasteiger charge is 2.23. The van der Waals surface area contributed by atoms with E-state index in [4.69, 9.17) is 4.74 Å². The van der Waals surface area contributed by atoms with E-state index >= 15 is 0 Å². The van der Waals surface area contributed by atoms with Gasteiger partial charge in [0.05, 0.1) is 7.11 Å². The summed E-state index contributed by atoms with van der Waals surface area (Å²) in [5.74, 6) is 1.74. The molecule has 138 valence electrons. The van der Waals surface area contributed by atoms with Gasteiger partial charge >= 0.3 is 0 Å². The molecule has 0 atom stereocenters. The number of anilines is 1. The molecule has 1 amide bonds. The highest BCUT2D eigenvalue weighted by molar-refractivity contribution is 7.98. The average molecular weight is 372 g/mol. The summed E-state index contributed by atoms with van der Waals surface area (Å²) in [6, 6.07) is 7.56. The second-order valence-electron chi connectivity index (χ2n) is 6.17. The number of hydrogen-bond acceptors (Lipinski definition) is 6. The molecule has 0 radical (unpaired) electrons. The van der Waals surface area contributed by atoms with Crippen LogP contribution in [-0.2, 0) is 0 Å². The van der Waals surface area contributed by atoms with Gasteiger partial charge in [-0.3, -0.25) is 4.79 Å². The molecule has 0 bridgehead atoms. The molecule has 1 fully saturated rings. The van der Waals surface area contributed by atoms with Crippen LogP contribution in [0.5, 0.6) is 5.75 Å². The first-order valence-electron chi connectivity index (χ1n) is 8.69. The van der Waals surface area contributed by atoms with Crippen LogP contribution in [0.15, 0.2) is 35.6 Å². The zero-order valence-corrected chi connectivity index (χ0v) is 16.3. The number of methoxy groups -OCH3 is 1. The highest BCUT2D eigenvalue weighted by atomic mass is 32.2. The van der Waals surface area contributed by atoms with Gasteiger partial charge in [-0.2, -0.15) is 0 Å². The molecule has 7 heteroatoms. The van der Waals surface area contributed by atoms with Crippen molar-refractivity contribution in [2.45, 2.75) is 18.5 Å². The molecule has 0 unspecified atom stereocenters. The van der Waals surface area contributed by atoms with Gasteiger partial charge in [0.2, 0.25) is 0 Å². The number of hydrogen-bond donors (Lipinski definition) is 0. The normalized spacial score (nSPS) is 14.9. The number of ether oxygens (including phenoxy) is 1. The average Bonchev–Trinajstić information content (AvgIpc) is 2.94. The van der Waals surface area contributed by atoms with Gasteiger partial charge in [0.25, 0.3) is 5.91 Å². The molecule has 2 heterocycles. The standard InChI is InChI=1S/C19H24N4O2S/c1-14-15(6-4-7-16(14)25-2)18(24)23-11-5-10-22(12-13-23)17-8-9-20-19(21-17)26-3/h4,6-9H,5,10-13H2,1-3H3. The molecule has 1 aliphatic rings. The van der Waals surface area contributed by atoms with Crippen molar-refractivity contribution in [3.63, 3.8) is 0 Å². The van der Waals surface area contributed by atoms with Crippen molar-refractivity contribution in [2.75, 3.05) is 44.4 Å². The molecular formula is C19H24N4O2S. The van der Waals surface area contributed by atoms with Crippen molar-refractivity contribution in [2.24, 2.45) is 0 Å². The lowest BCUT2D eigenvalue weighted by Crippen LogP contribution is -2.35. The molecule has 26 heavy (non-hydrogen) atoms. The third-order valence-corrected chi connectivity index (χ3v) is 5.20. The fourth-order valence-electron chi connectivity index (χ4n) is 3.19. The fourth-order valence-corrected chi connectivity index (χ4v) is 3.54. The molecule has 0 spiro atoms. The van der Waals surface area contributed by atoms with Crippen LogP contribution < -0.4 is 9.64 Å². The Kier molecular flexibility index (Phi) is 5.98. The Labute approximate surface area is 158 Å². The zero-order chi connectivity index (χ0) is 18.5. The Hall–Kier alpha value is -2.28. The summed E-state index contributed by atoms with van der Waals surface area (Å²) in [5, 5.41) is 0.770. The maximum atomic E-state index is 13.0. The van der Waals surface area contributed by atoms with E-state index in [2.05, 4.69) is 14.9 Å². The van der Waals surface area contributed by atoms with Crippen LogP contribution in [0.4, 0.5) is 5.82 Å². The maximum Gasteiger partial charge on any atom is 0.254 e. The number of benzene rings is 1. The zero-order valence-electron chi connectivity index (χ0n) is 15.4. The summed E-state index contributed by atoms with van der Waals surface area (Å²) in [6.45, 7) is 4.99. The Morgan fingerprint density at radius 2 is 2.04 bits per heavy atom. The largest absolute Gasteiger partial charge is 0.496 e. The van der Waals surface area contributed by atoms with Gasteiger partial charge in [-0.1, -0.05) is 17.8 Å². The molecule has 1 saturated heterocycles. The molecule has 1 aromatic heterocycles. The number of amides is 1. The predicted molar refractivity (Wildman–Crippen MR) is 104 cm³/mol. The Morgan fingerprint density at radius 3 is 2.81 bits per heavy atom. The summed E-state index contributed by atoms with van der Waals surface area (Å²) in [7, 11) is 1.63. The van der Waals surface area contributed by atoms with E-state index in [1.807, 2.05) is 42.3 Å². The van der Waals surface area contributed by atoms with E-state index in [0.29, 0.717) is 12.1 Å². The number of carbonyl (C=O) groups excluding carboxylic acids is 1. The first kappa shape index (κ1) is 18.5. The third kappa shape index (κ3) is 3.93. The number of thioether (sulfide) groups is 1. The number of carbonyl (C=O) groups is 1. The van der Waals surface area contributed by atoms with E-state index < -0.39 is 0 Å². The summed E-state index contributed by atoms with van der Waals surface area (Å²) in [5.41, 5.74) is 1.60. The molecule has 3 rings (SSSR count). The second-order valence-corrected chi connectivity index (χ2v) is 6.94. The van der Waals surface area contributed by atoms with Gasteiger partial charge in [0, 0.05) is 43.5 Å². The number of nitrogens with zero attached hydrogens (tertiary/aromatic N) is 4. The van der Waals surface area contributed by atoms with Crippen LogP contribution in [0.25, 0.3) is 0 Å². The van der Waals surface area contributed by atoms with Gasteiger partial charge in [-0.05, 0) is 37.8 Å². The van der Waals surface area contributed by atoms with Crippen molar-refractivity contribution in [3.8, 4) is 5.75 Å². The molecule has 6 nitrogen and oxygen atoms in total. The Balaban J connectivity index is 1.73. The lowest BCUT2D eigenvalue weighted by atomic mass is 10.1. The smallest absolute Gasteiger partial charge is 0.254 e. The van der Waals surface area contributed by atoms with Crippen LogP contribution in [0.1, 0.15) is 22.3 Å². The molecule has 0 saturated carbocycles. The molecule has 1 aromatic carbocycles. The second kappa shape index (κ2) is 8.40. The molecule has 1 aliphatic heterocycles. The SMILES string of the molecule is COc1cccc(C(=O)N2CCCN(c3ccnc(SC)n3)CC2)c1C. The summed E-state index contributed by atoms with van der Waals surface area (Å²) in [4.78, 5) is 26.0. The minimum absolute atomic E-state index is 0.0655. The Morgan fingerprint density at radius 1 is 1.19 bits per heavy atom. The van der Waals surface area contributed by atoms with Crippen LogP contribution in [0, 0.1) is 6.92 Å². The van der Waals surface area contributed by atoms with E-state index in [1.54, 1.807) is 13.3 Å². The summed E-state index contributed by atoms with van der Waals surface area (Å²) >= 11 is 1.53. The topological polar surface area (TPSA) is 58.6 Å². The first-order valence-corrected chi connectivity index (χ1v) is 9.91. The van der Waals surface area contributed by atoms with Crippen LogP contribution in [0.3, 0.4) is 0 Å².